The van der Waals surface area contributed by atoms with E-state index >= 15 is 0 Å². The third-order valence-corrected chi connectivity index (χ3v) is 10.4. The Morgan fingerprint density at radius 2 is 0.932 bits per heavy atom. The fraction of sp³-hybridized carbons (Fsp3) is 0.286. The van der Waals surface area contributed by atoms with Gasteiger partial charge in [0.1, 0.15) is 0 Å². The standard InChI is InChI=1S/C42H42N2/c1-4-12-31(13-5-1)33-20-24-36(25-21-33)43(37-26-22-34(23-27-37)32-14-6-2-7-15-32)38-28-29-40-39-18-10-11-19-41(39)44(42(40)30-38)35-16-8-3-9-17-35/h3,8-11,16-32H,1-2,4-7,12-15H2. The summed E-state index contributed by atoms with van der Waals surface area (Å²) in [6.45, 7) is 0. The van der Waals surface area contributed by atoms with E-state index in [0.717, 1.165) is 0 Å². The monoisotopic (exact) mass is 574 g/mol. The second-order valence-electron chi connectivity index (χ2n) is 13.1. The van der Waals surface area contributed by atoms with Gasteiger partial charge in [0, 0.05) is 33.5 Å². The molecular formula is C42H42N2. The predicted octanol–water partition coefficient (Wildman–Crippen LogP) is 12.3. The molecular weight excluding hydrogens is 532 g/mol. The molecule has 0 radical (unpaired) electrons. The molecule has 2 nitrogen and oxygen atoms in total. The molecule has 0 unspecified atom stereocenters. The summed E-state index contributed by atoms with van der Waals surface area (Å²) in [4.78, 5) is 2.46. The van der Waals surface area contributed by atoms with E-state index in [0.29, 0.717) is 11.8 Å². The van der Waals surface area contributed by atoms with Gasteiger partial charge in [-0.05, 0) is 103 Å². The van der Waals surface area contributed by atoms with Gasteiger partial charge in [-0.25, -0.2) is 0 Å². The lowest BCUT2D eigenvalue weighted by Gasteiger charge is -2.28. The zero-order valence-corrected chi connectivity index (χ0v) is 25.7. The average Bonchev–Trinajstić information content (AvgIpc) is 3.44. The second kappa shape index (κ2) is 12.0. The molecule has 2 saturated carbocycles. The van der Waals surface area contributed by atoms with Gasteiger partial charge in [-0.2, -0.15) is 0 Å². The first-order valence-electron chi connectivity index (χ1n) is 16.9. The summed E-state index contributed by atoms with van der Waals surface area (Å²) in [5.74, 6) is 1.41. The molecule has 6 aromatic rings. The van der Waals surface area contributed by atoms with Gasteiger partial charge < -0.3 is 9.47 Å². The number of aromatic nitrogens is 1. The summed E-state index contributed by atoms with van der Waals surface area (Å²) in [5.41, 5.74) is 10.3. The SMILES string of the molecule is c1ccc(-n2c3ccccc3c3ccc(N(c4ccc(C5CCCCC5)cc4)c4ccc(C5CCCCC5)cc4)cc32)cc1. The predicted molar refractivity (Wildman–Crippen MR) is 187 cm³/mol. The Morgan fingerprint density at radius 3 is 1.52 bits per heavy atom. The molecule has 0 atom stereocenters. The van der Waals surface area contributed by atoms with E-state index in [4.69, 9.17) is 0 Å². The summed E-state index contributed by atoms with van der Waals surface area (Å²) in [6, 6.07) is 45.6. The summed E-state index contributed by atoms with van der Waals surface area (Å²) in [5, 5.41) is 2.58. The summed E-state index contributed by atoms with van der Waals surface area (Å²) >= 11 is 0. The molecule has 0 amide bonds. The largest absolute Gasteiger partial charge is 0.310 e. The fourth-order valence-electron chi connectivity index (χ4n) is 8.06. The van der Waals surface area contributed by atoms with Crippen molar-refractivity contribution < 1.29 is 0 Å². The zero-order chi connectivity index (χ0) is 29.3. The van der Waals surface area contributed by atoms with Crippen molar-refractivity contribution >= 4 is 38.9 Å². The van der Waals surface area contributed by atoms with Gasteiger partial charge in [0.05, 0.1) is 11.0 Å². The summed E-state index contributed by atoms with van der Waals surface area (Å²) in [7, 11) is 0. The third kappa shape index (κ3) is 5.11. The number of hydrogen-bond donors (Lipinski definition) is 0. The topological polar surface area (TPSA) is 8.17 Å². The Labute approximate surface area is 262 Å². The molecule has 2 fully saturated rings. The molecule has 5 aromatic carbocycles. The van der Waals surface area contributed by atoms with Gasteiger partial charge in [0.2, 0.25) is 0 Å². The highest BCUT2D eigenvalue weighted by Crippen LogP contribution is 2.42. The number of benzene rings is 5. The first kappa shape index (κ1) is 27.3. The number of hydrogen-bond acceptors (Lipinski definition) is 1. The maximum Gasteiger partial charge on any atom is 0.0561 e. The third-order valence-electron chi connectivity index (χ3n) is 10.4. The van der Waals surface area contributed by atoms with Crippen molar-refractivity contribution in [2.24, 2.45) is 0 Å². The van der Waals surface area contributed by atoms with Crippen LogP contribution in [0, 0.1) is 0 Å². The molecule has 0 bridgehead atoms. The summed E-state index contributed by atoms with van der Waals surface area (Å²) in [6.07, 6.45) is 13.5. The van der Waals surface area contributed by atoms with Crippen LogP contribution >= 0.6 is 0 Å². The second-order valence-corrected chi connectivity index (χ2v) is 13.1. The van der Waals surface area contributed by atoms with Crippen LogP contribution < -0.4 is 4.90 Å². The highest BCUT2D eigenvalue weighted by atomic mass is 15.1. The first-order chi connectivity index (χ1) is 21.8. The van der Waals surface area contributed by atoms with Crippen LogP contribution in [-0.4, -0.2) is 4.57 Å². The molecule has 0 spiro atoms. The normalized spacial score (nSPS) is 16.5. The minimum atomic E-state index is 0.707. The molecule has 0 N–H and O–H groups in total. The van der Waals surface area contributed by atoms with Crippen LogP contribution in [0.3, 0.4) is 0 Å². The fourth-order valence-corrected chi connectivity index (χ4v) is 8.06. The van der Waals surface area contributed by atoms with Gasteiger partial charge in [-0.3, -0.25) is 0 Å². The highest BCUT2D eigenvalue weighted by Gasteiger charge is 2.21. The molecule has 0 aliphatic heterocycles. The van der Waals surface area contributed by atoms with Crippen LogP contribution in [0.1, 0.15) is 87.2 Å². The smallest absolute Gasteiger partial charge is 0.0561 e. The van der Waals surface area contributed by atoms with Gasteiger partial charge >= 0.3 is 0 Å². The number of anilines is 3. The van der Waals surface area contributed by atoms with Crippen molar-refractivity contribution in [2.45, 2.75) is 76.0 Å². The lowest BCUT2D eigenvalue weighted by Crippen LogP contribution is -2.11. The molecule has 220 valence electrons. The molecule has 8 rings (SSSR count). The molecule has 0 saturated heterocycles. The minimum absolute atomic E-state index is 0.707. The maximum atomic E-state index is 2.46. The molecule has 44 heavy (non-hydrogen) atoms. The van der Waals surface area contributed by atoms with E-state index in [9.17, 15) is 0 Å². The van der Waals surface area contributed by atoms with Crippen LogP contribution in [0.15, 0.2) is 121 Å². The number of fused-ring (bicyclic) bond motifs is 3. The Kier molecular flexibility index (Phi) is 7.44. The van der Waals surface area contributed by atoms with Crippen LogP contribution in [0.4, 0.5) is 17.1 Å². The Balaban J connectivity index is 1.26. The van der Waals surface area contributed by atoms with Crippen molar-refractivity contribution in [1.82, 2.24) is 4.57 Å². The zero-order valence-electron chi connectivity index (χ0n) is 25.7. The van der Waals surface area contributed by atoms with Crippen molar-refractivity contribution in [1.29, 1.82) is 0 Å². The Morgan fingerprint density at radius 1 is 0.432 bits per heavy atom. The van der Waals surface area contributed by atoms with E-state index in [1.165, 1.54) is 120 Å². The van der Waals surface area contributed by atoms with E-state index in [1.54, 1.807) is 0 Å². The van der Waals surface area contributed by atoms with Crippen LogP contribution in [-0.2, 0) is 0 Å². The van der Waals surface area contributed by atoms with Gasteiger partial charge in [-0.15, -0.1) is 0 Å². The van der Waals surface area contributed by atoms with Gasteiger partial charge in [-0.1, -0.05) is 105 Å². The van der Waals surface area contributed by atoms with Gasteiger partial charge in [0.15, 0.2) is 0 Å². The highest BCUT2D eigenvalue weighted by molar-refractivity contribution is 6.10. The molecule has 1 aromatic heterocycles. The maximum absolute atomic E-state index is 2.46. The quantitative estimate of drug-likeness (QED) is 0.192. The number of para-hydroxylation sites is 2. The van der Waals surface area contributed by atoms with Crippen LogP contribution in [0.5, 0.6) is 0 Å². The lowest BCUT2D eigenvalue weighted by molar-refractivity contribution is 0.443. The number of rotatable bonds is 6. The van der Waals surface area contributed by atoms with Crippen molar-refractivity contribution in [3.8, 4) is 5.69 Å². The van der Waals surface area contributed by atoms with Crippen molar-refractivity contribution in [3.05, 3.63) is 132 Å². The van der Waals surface area contributed by atoms with E-state index in [-0.39, 0.29) is 0 Å². The van der Waals surface area contributed by atoms with E-state index in [1.807, 2.05) is 0 Å². The van der Waals surface area contributed by atoms with Gasteiger partial charge in [0.25, 0.3) is 0 Å². The molecule has 2 aliphatic carbocycles. The Hall–Kier alpha value is -4.30. The van der Waals surface area contributed by atoms with Crippen molar-refractivity contribution in [3.63, 3.8) is 0 Å². The lowest BCUT2D eigenvalue weighted by atomic mass is 9.84. The summed E-state index contributed by atoms with van der Waals surface area (Å²) < 4.78 is 2.42. The molecule has 2 heteroatoms. The van der Waals surface area contributed by atoms with Crippen LogP contribution in [0.2, 0.25) is 0 Å². The Bertz CT molecular complexity index is 1790. The van der Waals surface area contributed by atoms with Crippen molar-refractivity contribution in [2.75, 3.05) is 4.90 Å². The first-order valence-corrected chi connectivity index (χ1v) is 16.9. The minimum Gasteiger partial charge on any atom is -0.310 e. The molecule has 2 aliphatic rings. The number of nitrogens with zero attached hydrogens (tertiary/aromatic N) is 2. The van der Waals surface area contributed by atoms with E-state index in [2.05, 4.69) is 131 Å². The van der Waals surface area contributed by atoms with E-state index < -0.39 is 0 Å². The average molecular weight is 575 g/mol. The van der Waals surface area contributed by atoms with Crippen LogP contribution in [0.25, 0.3) is 27.5 Å². The molecule has 1 heterocycles.